The molecule has 15 heavy (non-hydrogen) atoms. The second-order valence-corrected chi connectivity index (χ2v) is 4.18. The van der Waals surface area contributed by atoms with Crippen LogP contribution in [-0.2, 0) is 12.8 Å². The lowest BCUT2D eigenvalue weighted by atomic mass is 10.0. The van der Waals surface area contributed by atoms with E-state index in [-0.39, 0.29) is 5.82 Å². The Bertz CT molecular complexity index is 546. The molecule has 0 amide bonds. The zero-order valence-electron chi connectivity index (χ0n) is 8.68. The van der Waals surface area contributed by atoms with Crippen molar-refractivity contribution in [3.63, 3.8) is 0 Å². The normalized spacial score (nSPS) is 14.5. The minimum atomic E-state index is -0.202. The van der Waals surface area contributed by atoms with Crippen molar-refractivity contribution in [3.05, 3.63) is 40.8 Å². The van der Waals surface area contributed by atoms with Crippen LogP contribution in [0.5, 0.6) is 0 Å². The number of fused-ring (bicyclic) bond motifs is 2. The molecule has 1 nitrogen and oxygen atoms in total. The maximum Gasteiger partial charge on any atom is 0.125 e. The third-order valence-corrected chi connectivity index (χ3v) is 3.26. The number of nitrogens with zero attached hydrogens (tertiary/aromatic N) is 1. The number of aryl methyl sites for hydroxylation is 2. The number of hydrogen-bond acceptors (Lipinski definition) is 1. The Morgan fingerprint density at radius 3 is 3.00 bits per heavy atom. The predicted molar refractivity (Wildman–Crippen MR) is 58.5 cm³/mol. The summed E-state index contributed by atoms with van der Waals surface area (Å²) in [7, 11) is 0. The monoisotopic (exact) mass is 201 g/mol. The van der Waals surface area contributed by atoms with Crippen molar-refractivity contribution in [2.24, 2.45) is 0 Å². The van der Waals surface area contributed by atoms with E-state index >= 15 is 0 Å². The fourth-order valence-corrected chi connectivity index (χ4v) is 2.48. The molecule has 76 valence electrons. The highest BCUT2D eigenvalue weighted by atomic mass is 19.1. The summed E-state index contributed by atoms with van der Waals surface area (Å²) in [5.41, 5.74) is 4.64. The third-order valence-electron chi connectivity index (χ3n) is 3.26. The van der Waals surface area contributed by atoms with Crippen molar-refractivity contribution in [1.29, 1.82) is 0 Å². The smallest absolute Gasteiger partial charge is 0.125 e. The number of hydrogen-bond donors (Lipinski definition) is 0. The van der Waals surface area contributed by atoms with E-state index in [1.54, 1.807) is 0 Å². The highest BCUT2D eigenvalue weighted by Crippen LogP contribution is 2.29. The van der Waals surface area contributed by atoms with Gasteiger partial charge in [-0.1, -0.05) is 0 Å². The molecule has 0 saturated carbocycles. The van der Waals surface area contributed by atoms with E-state index in [1.807, 2.05) is 6.07 Å². The van der Waals surface area contributed by atoms with Gasteiger partial charge in [-0.3, -0.25) is 4.98 Å². The molecule has 0 saturated heterocycles. The van der Waals surface area contributed by atoms with Gasteiger partial charge >= 0.3 is 0 Å². The molecule has 1 aromatic carbocycles. The topological polar surface area (TPSA) is 12.9 Å². The number of rotatable bonds is 0. The van der Waals surface area contributed by atoms with Crippen LogP contribution in [0.2, 0.25) is 0 Å². The molecule has 1 aliphatic rings. The highest BCUT2D eigenvalue weighted by Gasteiger charge is 2.16. The van der Waals surface area contributed by atoms with Gasteiger partial charge in [0, 0.05) is 17.1 Å². The van der Waals surface area contributed by atoms with Crippen LogP contribution < -0.4 is 0 Å². The summed E-state index contributed by atoms with van der Waals surface area (Å²) >= 11 is 0. The lowest BCUT2D eigenvalue weighted by molar-refractivity contribution is 0.629. The Hall–Kier alpha value is -1.44. The van der Waals surface area contributed by atoms with E-state index in [4.69, 9.17) is 0 Å². The van der Waals surface area contributed by atoms with Crippen LogP contribution in [0.3, 0.4) is 0 Å². The Labute approximate surface area is 88.0 Å². The first-order valence-electron chi connectivity index (χ1n) is 5.33. The van der Waals surface area contributed by atoms with Gasteiger partial charge in [0.25, 0.3) is 0 Å². The molecule has 0 bridgehead atoms. The highest BCUT2D eigenvalue weighted by molar-refractivity contribution is 5.83. The molecule has 0 aliphatic heterocycles. The van der Waals surface area contributed by atoms with Gasteiger partial charge in [-0.05, 0) is 49.4 Å². The molecule has 3 rings (SSSR count). The van der Waals surface area contributed by atoms with Crippen molar-refractivity contribution in [3.8, 4) is 0 Å². The van der Waals surface area contributed by atoms with Crippen LogP contribution in [0.1, 0.15) is 23.2 Å². The zero-order chi connectivity index (χ0) is 10.4. The summed E-state index contributed by atoms with van der Waals surface area (Å²) in [5.74, 6) is -0.202. The lowest BCUT2D eigenvalue weighted by Gasteiger charge is -2.07. The van der Waals surface area contributed by atoms with E-state index in [0.717, 1.165) is 23.7 Å². The van der Waals surface area contributed by atoms with E-state index < -0.39 is 0 Å². The maximum atomic E-state index is 13.1. The first-order valence-corrected chi connectivity index (χ1v) is 5.33. The summed E-state index contributed by atoms with van der Waals surface area (Å²) in [4.78, 5) is 4.54. The van der Waals surface area contributed by atoms with Crippen molar-refractivity contribution in [1.82, 2.24) is 4.98 Å². The molecule has 0 spiro atoms. The average molecular weight is 201 g/mol. The van der Waals surface area contributed by atoms with Gasteiger partial charge in [0.15, 0.2) is 0 Å². The van der Waals surface area contributed by atoms with Crippen molar-refractivity contribution < 1.29 is 4.39 Å². The molecule has 0 fully saturated rings. The summed E-state index contributed by atoms with van der Waals surface area (Å²) in [6, 6.07) is 4.88. The maximum absolute atomic E-state index is 13.1. The first-order chi connectivity index (χ1) is 7.25. The van der Waals surface area contributed by atoms with Crippen LogP contribution >= 0.6 is 0 Å². The van der Waals surface area contributed by atoms with Gasteiger partial charge in [0.2, 0.25) is 0 Å². The average Bonchev–Trinajstić information content (AvgIpc) is 2.65. The van der Waals surface area contributed by atoms with Gasteiger partial charge in [-0.15, -0.1) is 0 Å². The largest absolute Gasteiger partial charge is 0.252 e. The van der Waals surface area contributed by atoms with Gasteiger partial charge in [0.05, 0.1) is 5.52 Å². The number of benzene rings is 1. The van der Waals surface area contributed by atoms with Gasteiger partial charge in [0.1, 0.15) is 5.82 Å². The van der Waals surface area contributed by atoms with E-state index in [2.05, 4.69) is 11.9 Å². The van der Waals surface area contributed by atoms with Gasteiger partial charge < -0.3 is 0 Å². The number of halogens is 1. The molecular formula is C13H12FN. The Balaban J connectivity index is 2.41. The van der Waals surface area contributed by atoms with Gasteiger partial charge in [-0.2, -0.15) is 0 Å². The summed E-state index contributed by atoms with van der Waals surface area (Å²) < 4.78 is 13.1. The molecule has 1 aromatic heterocycles. The molecule has 0 atom stereocenters. The summed E-state index contributed by atoms with van der Waals surface area (Å²) in [5, 5.41) is 1.09. The van der Waals surface area contributed by atoms with Crippen LogP contribution in [0.4, 0.5) is 4.39 Å². The second-order valence-electron chi connectivity index (χ2n) is 4.18. The Morgan fingerprint density at radius 1 is 1.27 bits per heavy atom. The zero-order valence-corrected chi connectivity index (χ0v) is 8.68. The SMILES string of the molecule is Cc1c2c(nc3cc(F)ccc13)CCC2. The second kappa shape index (κ2) is 3.02. The third kappa shape index (κ3) is 1.24. The van der Waals surface area contributed by atoms with E-state index in [1.165, 1.54) is 35.4 Å². The molecule has 0 unspecified atom stereocenters. The standard InChI is InChI=1S/C13H12FN/c1-8-10-3-2-4-12(10)15-13-7-9(14)5-6-11(8)13/h5-7H,2-4H2,1H3. The molecule has 1 aliphatic carbocycles. The van der Waals surface area contributed by atoms with Crippen LogP contribution in [0.15, 0.2) is 18.2 Å². The predicted octanol–water partition coefficient (Wildman–Crippen LogP) is 3.17. The van der Waals surface area contributed by atoms with Crippen LogP contribution in [0, 0.1) is 12.7 Å². The fraction of sp³-hybridized carbons (Fsp3) is 0.308. The molecule has 2 heteroatoms. The minimum Gasteiger partial charge on any atom is -0.252 e. The minimum absolute atomic E-state index is 0.202. The van der Waals surface area contributed by atoms with Crippen molar-refractivity contribution in [2.75, 3.05) is 0 Å². The molecular weight excluding hydrogens is 189 g/mol. The van der Waals surface area contributed by atoms with Crippen molar-refractivity contribution >= 4 is 10.9 Å². The van der Waals surface area contributed by atoms with Crippen molar-refractivity contribution in [2.45, 2.75) is 26.2 Å². The van der Waals surface area contributed by atoms with E-state index in [9.17, 15) is 4.39 Å². The Kier molecular flexibility index (Phi) is 1.78. The number of aromatic nitrogens is 1. The molecule has 2 aromatic rings. The fourth-order valence-electron chi connectivity index (χ4n) is 2.48. The molecule has 0 radical (unpaired) electrons. The van der Waals surface area contributed by atoms with Crippen LogP contribution in [0.25, 0.3) is 10.9 Å². The lowest BCUT2D eigenvalue weighted by Crippen LogP contribution is -1.94. The summed E-state index contributed by atoms with van der Waals surface area (Å²) in [6.45, 7) is 2.12. The molecule has 0 N–H and O–H groups in total. The van der Waals surface area contributed by atoms with Gasteiger partial charge in [-0.25, -0.2) is 4.39 Å². The first kappa shape index (κ1) is 8.84. The van der Waals surface area contributed by atoms with E-state index in [0.29, 0.717) is 0 Å². The van der Waals surface area contributed by atoms with Crippen LogP contribution in [-0.4, -0.2) is 4.98 Å². The quantitative estimate of drug-likeness (QED) is 0.638. The number of pyridine rings is 1. The Morgan fingerprint density at radius 2 is 2.13 bits per heavy atom. The summed E-state index contributed by atoms with van der Waals surface area (Å²) in [6.07, 6.45) is 3.35. The molecule has 1 heterocycles.